The summed E-state index contributed by atoms with van der Waals surface area (Å²) >= 11 is 0. The number of hydrogen-bond acceptors (Lipinski definition) is 3. The molecule has 1 aromatic carbocycles. The molecule has 1 aromatic heterocycles. The highest BCUT2D eigenvalue weighted by molar-refractivity contribution is 5.47. The minimum absolute atomic E-state index is 0.119. The van der Waals surface area contributed by atoms with E-state index in [2.05, 4.69) is 0 Å². The van der Waals surface area contributed by atoms with Gasteiger partial charge >= 0.3 is 0 Å². The average Bonchev–Trinajstić information content (AvgIpc) is 2.85. The van der Waals surface area contributed by atoms with Crippen molar-refractivity contribution in [2.75, 3.05) is 11.4 Å². The zero-order chi connectivity index (χ0) is 13.0. The maximum Gasteiger partial charge on any atom is 0.146 e. The number of aliphatic hydroxyl groups is 1. The second kappa shape index (κ2) is 5.69. The quantitative estimate of drug-likeness (QED) is 0.885. The molecule has 0 spiro atoms. The van der Waals surface area contributed by atoms with Crippen LogP contribution in [0.3, 0.4) is 0 Å². The van der Waals surface area contributed by atoms with Crippen LogP contribution in [0.1, 0.15) is 18.4 Å². The lowest BCUT2D eigenvalue weighted by atomic mass is 10.2. The number of aliphatic hydroxyl groups excluding tert-OH is 1. The normalized spacial score (nSPS) is 10.6. The van der Waals surface area contributed by atoms with Gasteiger partial charge in [0.25, 0.3) is 0 Å². The van der Waals surface area contributed by atoms with E-state index in [4.69, 9.17) is 9.52 Å². The summed E-state index contributed by atoms with van der Waals surface area (Å²) in [6, 6.07) is 10.2. The molecule has 0 bridgehead atoms. The Morgan fingerprint density at radius 2 is 1.89 bits per heavy atom. The fourth-order valence-corrected chi connectivity index (χ4v) is 1.86. The molecule has 96 valence electrons. The van der Waals surface area contributed by atoms with E-state index >= 15 is 0 Å². The summed E-state index contributed by atoms with van der Waals surface area (Å²) in [5, 5.41) is 8.94. The van der Waals surface area contributed by atoms with Gasteiger partial charge in [-0.1, -0.05) is 12.1 Å². The third-order valence-corrected chi connectivity index (χ3v) is 2.79. The van der Waals surface area contributed by atoms with Gasteiger partial charge in [-0.25, -0.2) is 4.39 Å². The highest BCUT2D eigenvalue weighted by atomic mass is 19.1. The number of anilines is 1. The monoisotopic (exact) mass is 249 g/mol. The maximum atomic E-state index is 13.7. The van der Waals surface area contributed by atoms with E-state index in [9.17, 15) is 4.39 Å². The van der Waals surface area contributed by atoms with Crippen LogP contribution in [0, 0.1) is 5.82 Å². The first-order valence-electron chi connectivity index (χ1n) is 5.92. The van der Waals surface area contributed by atoms with Crippen molar-refractivity contribution in [1.82, 2.24) is 0 Å². The number of nitrogens with zero attached hydrogens (tertiary/aromatic N) is 1. The largest absolute Gasteiger partial charge is 0.462 e. The summed E-state index contributed by atoms with van der Waals surface area (Å²) in [5.41, 5.74) is 0.557. The Hall–Kier alpha value is -1.81. The molecule has 0 unspecified atom stereocenters. The molecule has 0 aliphatic carbocycles. The smallest absolute Gasteiger partial charge is 0.146 e. The van der Waals surface area contributed by atoms with Crippen LogP contribution in [-0.2, 0) is 13.2 Å². The third-order valence-electron chi connectivity index (χ3n) is 2.79. The molecule has 0 atom stereocenters. The van der Waals surface area contributed by atoms with Gasteiger partial charge in [0.05, 0.1) is 12.2 Å². The molecular weight excluding hydrogens is 233 g/mol. The number of para-hydroxylation sites is 1. The van der Waals surface area contributed by atoms with Crippen LogP contribution < -0.4 is 4.90 Å². The first kappa shape index (κ1) is 12.6. The molecule has 18 heavy (non-hydrogen) atoms. The zero-order valence-electron chi connectivity index (χ0n) is 10.3. The highest BCUT2D eigenvalue weighted by Crippen LogP contribution is 2.21. The van der Waals surface area contributed by atoms with Gasteiger partial charge in [0.2, 0.25) is 0 Å². The molecule has 2 aromatic rings. The van der Waals surface area contributed by atoms with Crippen LogP contribution >= 0.6 is 0 Å². The van der Waals surface area contributed by atoms with Crippen molar-refractivity contribution in [1.29, 1.82) is 0 Å². The molecule has 1 heterocycles. The van der Waals surface area contributed by atoms with Crippen LogP contribution in [-0.4, -0.2) is 11.7 Å². The SMILES string of the molecule is CCN(Cc1ccc(CO)o1)c1ccccc1F. The molecule has 2 rings (SSSR count). The summed E-state index contributed by atoms with van der Waals surface area (Å²) in [4.78, 5) is 1.88. The minimum Gasteiger partial charge on any atom is -0.462 e. The van der Waals surface area contributed by atoms with Crippen molar-refractivity contribution in [2.24, 2.45) is 0 Å². The van der Waals surface area contributed by atoms with Crippen LogP contribution in [0.15, 0.2) is 40.8 Å². The molecular formula is C14H16FNO2. The Bertz CT molecular complexity index is 510. The Morgan fingerprint density at radius 1 is 1.17 bits per heavy atom. The summed E-state index contributed by atoms with van der Waals surface area (Å²) in [5.74, 6) is 0.993. The van der Waals surface area contributed by atoms with Gasteiger partial charge in [0, 0.05) is 6.54 Å². The lowest BCUT2D eigenvalue weighted by molar-refractivity contribution is 0.243. The van der Waals surface area contributed by atoms with E-state index in [1.54, 1.807) is 24.3 Å². The van der Waals surface area contributed by atoms with Gasteiger partial charge in [-0.15, -0.1) is 0 Å². The number of furan rings is 1. The molecule has 3 nitrogen and oxygen atoms in total. The van der Waals surface area contributed by atoms with Gasteiger partial charge in [0.1, 0.15) is 23.9 Å². The fraction of sp³-hybridized carbons (Fsp3) is 0.286. The molecule has 4 heteroatoms. The number of hydrogen-bond donors (Lipinski definition) is 1. The standard InChI is InChI=1S/C14H16FNO2/c1-2-16(14-6-4-3-5-13(14)15)9-11-7-8-12(10-17)18-11/h3-8,17H,2,9-10H2,1H3. The van der Waals surface area contributed by atoms with Gasteiger partial charge < -0.3 is 14.4 Å². The van der Waals surface area contributed by atoms with Crippen molar-refractivity contribution in [3.63, 3.8) is 0 Å². The van der Waals surface area contributed by atoms with Crippen molar-refractivity contribution in [3.05, 3.63) is 53.7 Å². The second-order valence-corrected chi connectivity index (χ2v) is 3.99. The van der Waals surface area contributed by atoms with E-state index in [-0.39, 0.29) is 12.4 Å². The molecule has 0 aliphatic rings. The molecule has 0 radical (unpaired) electrons. The topological polar surface area (TPSA) is 36.6 Å². The summed E-state index contributed by atoms with van der Waals surface area (Å²) in [6.45, 7) is 3.00. The van der Waals surface area contributed by atoms with E-state index in [1.807, 2.05) is 17.9 Å². The van der Waals surface area contributed by atoms with Crippen LogP contribution in [0.5, 0.6) is 0 Å². The fourth-order valence-electron chi connectivity index (χ4n) is 1.86. The lowest BCUT2D eigenvalue weighted by Gasteiger charge is -2.22. The van der Waals surface area contributed by atoms with E-state index in [0.29, 0.717) is 30.3 Å². The highest BCUT2D eigenvalue weighted by Gasteiger charge is 2.11. The van der Waals surface area contributed by atoms with Crippen LogP contribution in [0.2, 0.25) is 0 Å². The third kappa shape index (κ3) is 2.71. The summed E-state index contributed by atoms with van der Waals surface area (Å²) < 4.78 is 19.1. The first-order chi connectivity index (χ1) is 8.74. The van der Waals surface area contributed by atoms with Crippen molar-refractivity contribution in [3.8, 4) is 0 Å². The summed E-state index contributed by atoms with van der Waals surface area (Å²) in [7, 11) is 0. The number of rotatable bonds is 5. The van der Waals surface area contributed by atoms with E-state index in [0.717, 1.165) is 0 Å². The van der Waals surface area contributed by atoms with E-state index < -0.39 is 0 Å². The lowest BCUT2D eigenvalue weighted by Crippen LogP contribution is -2.22. The van der Waals surface area contributed by atoms with Gasteiger partial charge in [0.15, 0.2) is 0 Å². The first-order valence-corrected chi connectivity index (χ1v) is 5.92. The molecule has 0 fully saturated rings. The summed E-state index contributed by atoms with van der Waals surface area (Å²) in [6.07, 6.45) is 0. The average molecular weight is 249 g/mol. The molecule has 1 N–H and O–H groups in total. The maximum absolute atomic E-state index is 13.7. The van der Waals surface area contributed by atoms with E-state index in [1.165, 1.54) is 6.07 Å². The molecule has 0 saturated carbocycles. The van der Waals surface area contributed by atoms with Crippen molar-refractivity contribution >= 4 is 5.69 Å². The number of halogens is 1. The number of benzene rings is 1. The molecule has 0 amide bonds. The van der Waals surface area contributed by atoms with Gasteiger partial charge in [-0.05, 0) is 31.2 Å². The Labute approximate surface area is 105 Å². The molecule has 0 saturated heterocycles. The Kier molecular flexibility index (Phi) is 3.99. The predicted molar refractivity (Wildman–Crippen MR) is 67.8 cm³/mol. The minimum atomic E-state index is -0.242. The van der Waals surface area contributed by atoms with Gasteiger partial charge in [-0.3, -0.25) is 0 Å². The Morgan fingerprint density at radius 3 is 2.50 bits per heavy atom. The van der Waals surface area contributed by atoms with Crippen molar-refractivity contribution < 1.29 is 13.9 Å². The predicted octanol–water partition coefficient (Wildman–Crippen LogP) is 2.94. The van der Waals surface area contributed by atoms with Crippen molar-refractivity contribution in [2.45, 2.75) is 20.1 Å². The Balaban J connectivity index is 2.17. The zero-order valence-corrected chi connectivity index (χ0v) is 10.3. The van der Waals surface area contributed by atoms with Crippen LogP contribution in [0.4, 0.5) is 10.1 Å². The van der Waals surface area contributed by atoms with Crippen LogP contribution in [0.25, 0.3) is 0 Å². The van der Waals surface area contributed by atoms with Gasteiger partial charge in [-0.2, -0.15) is 0 Å². The molecule has 0 aliphatic heterocycles. The second-order valence-electron chi connectivity index (χ2n) is 3.99.